The van der Waals surface area contributed by atoms with Crippen molar-refractivity contribution in [1.29, 1.82) is 0 Å². The van der Waals surface area contributed by atoms with Gasteiger partial charge in [0.05, 0.1) is 0 Å². The third kappa shape index (κ3) is 4.49. The molecule has 0 amide bonds. The average Bonchev–Trinajstić information content (AvgIpc) is 1.72. The predicted octanol–water partition coefficient (Wildman–Crippen LogP) is 0.0261. The van der Waals surface area contributed by atoms with Gasteiger partial charge in [0.25, 0.3) is 0 Å². The molecule has 3 nitrogen and oxygen atoms in total. The van der Waals surface area contributed by atoms with E-state index in [0.29, 0.717) is 0 Å². The fourth-order valence-electron chi connectivity index (χ4n) is 0.0412. The van der Waals surface area contributed by atoms with Gasteiger partial charge in [0.1, 0.15) is 0 Å². The van der Waals surface area contributed by atoms with Crippen LogP contribution in [0.2, 0.25) is 0 Å². The molecule has 0 aromatic carbocycles. The van der Waals surface area contributed by atoms with Crippen molar-refractivity contribution < 1.29 is 28.2 Å². The molecule has 0 aliphatic carbocycles. The van der Waals surface area contributed by atoms with Gasteiger partial charge < -0.3 is 0 Å². The Hall–Kier alpha value is 0.332. The van der Waals surface area contributed by atoms with Gasteiger partial charge >= 0.3 is 26.2 Å². The molecule has 0 fully saturated rings. The average molecular weight is 124 g/mol. The second kappa shape index (κ2) is 7.33. The van der Waals surface area contributed by atoms with Gasteiger partial charge in [0.15, 0.2) is 0 Å². The van der Waals surface area contributed by atoms with Gasteiger partial charge in [-0.3, -0.25) is 0 Å². The minimum atomic E-state index is -2.51. The topological polar surface area (TPSA) is 27.7 Å². The van der Waals surface area contributed by atoms with Crippen LogP contribution in [-0.2, 0) is 14.6 Å². The first kappa shape index (κ1) is 11.2. The summed E-state index contributed by atoms with van der Waals surface area (Å²) in [6.45, 7) is 0. The molecule has 0 N–H and O–H groups in total. The Morgan fingerprint density at radius 3 is 1.12 bits per heavy atom. The molecular weight excluding hydrogens is 123 g/mol. The van der Waals surface area contributed by atoms with Crippen LogP contribution in [0.5, 0.6) is 0 Å². The maximum atomic E-state index is 10.4. The SMILES string of the molecule is FOB(OF)OF.[LiH]. The van der Waals surface area contributed by atoms with Crippen molar-refractivity contribution in [3.63, 3.8) is 0 Å². The zero-order valence-electron chi connectivity index (χ0n) is 2.94. The van der Waals surface area contributed by atoms with Crippen molar-refractivity contribution in [2.45, 2.75) is 0 Å². The third-order valence-corrected chi connectivity index (χ3v) is 0.218. The van der Waals surface area contributed by atoms with E-state index in [1.165, 1.54) is 0 Å². The first-order valence-corrected chi connectivity index (χ1v) is 1.17. The zero-order chi connectivity index (χ0) is 5.70. The summed E-state index contributed by atoms with van der Waals surface area (Å²) in [6, 6.07) is 0. The van der Waals surface area contributed by atoms with Crippen LogP contribution < -0.4 is 0 Å². The van der Waals surface area contributed by atoms with E-state index in [1.54, 1.807) is 0 Å². The number of hydrogen-bond donors (Lipinski definition) is 0. The predicted molar refractivity (Wildman–Crippen MR) is 19.5 cm³/mol. The zero-order valence-corrected chi connectivity index (χ0v) is 2.94. The first-order valence-electron chi connectivity index (χ1n) is 1.17. The second-order valence-corrected chi connectivity index (χ2v) is 0.556. The summed E-state index contributed by atoms with van der Waals surface area (Å²) in [5, 5.41) is 0. The molecule has 0 aromatic rings. The van der Waals surface area contributed by atoms with Crippen LogP contribution in [-0.4, -0.2) is 26.2 Å². The molecule has 0 aliphatic rings. The minimum absolute atomic E-state index is 0. The summed E-state index contributed by atoms with van der Waals surface area (Å²) < 4.78 is 31.3. The van der Waals surface area contributed by atoms with E-state index in [2.05, 4.69) is 14.6 Å². The van der Waals surface area contributed by atoms with E-state index < -0.39 is 7.32 Å². The molecule has 0 saturated carbocycles. The van der Waals surface area contributed by atoms with Gasteiger partial charge in [-0.1, -0.05) is 13.6 Å². The molecule has 0 saturated heterocycles. The van der Waals surface area contributed by atoms with Crippen LogP contribution >= 0.6 is 0 Å². The summed E-state index contributed by atoms with van der Waals surface area (Å²) >= 11 is 0. The number of halogens is 3. The monoisotopic (exact) mass is 124 g/mol. The molecule has 0 aromatic heterocycles. The second-order valence-electron chi connectivity index (χ2n) is 0.556. The van der Waals surface area contributed by atoms with Gasteiger partial charge in [-0.2, -0.15) is 14.6 Å². The van der Waals surface area contributed by atoms with Gasteiger partial charge in [-0.15, -0.1) is 0 Å². The quantitative estimate of drug-likeness (QED) is 0.496. The van der Waals surface area contributed by atoms with Gasteiger partial charge in [0.2, 0.25) is 0 Å². The summed E-state index contributed by atoms with van der Waals surface area (Å²) in [4.78, 5) is 7.06. The third-order valence-electron chi connectivity index (χ3n) is 0.218. The summed E-state index contributed by atoms with van der Waals surface area (Å²) in [5.41, 5.74) is 0. The van der Waals surface area contributed by atoms with Crippen molar-refractivity contribution in [3.8, 4) is 0 Å². The Morgan fingerprint density at radius 2 is 1.12 bits per heavy atom. The van der Waals surface area contributed by atoms with Crippen LogP contribution in [0.25, 0.3) is 0 Å². The Balaban J connectivity index is 0. The molecule has 8 heteroatoms. The molecule has 0 heterocycles. The van der Waals surface area contributed by atoms with Crippen LogP contribution in [0, 0.1) is 0 Å². The van der Waals surface area contributed by atoms with Crippen molar-refractivity contribution in [3.05, 3.63) is 0 Å². The van der Waals surface area contributed by atoms with E-state index >= 15 is 0 Å². The first-order chi connectivity index (χ1) is 3.35. The van der Waals surface area contributed by atoms with Crippen LogP contribution in [0.15, 0.2) is 0 Å². The normalized spacial score (nSPS) is 7.88. The van der Waals surface area contributed by atoms with Crippen molar-refractivity contribution in [2.75, 3.05) is 0 Å². The fraction of sp³-hybridized carbons (Fsp3) is 0. The van der Waals surface area contributed by atoms with Crippen LogP contribution in [0.3, 0.4) is 0 Å². The standard InChI is InChI=1S/BF3O3.Li.H/c2-5-1(6-3)7-4;;. The Morgan fingerprint density at radius 1 is 0.875 bits per heavy atom. The van der Waals surface area contributed by atoms with E-state index in [9.17, 15) is 13.6 Å². The summed E-state index contributed by atoms with van der Waals surface area (Å²) in [5.74, 6) is 0. The van der Waals surface area contributed by atoms with E-state index in [1.807, 2.05) is 0 Å². The molecular formula is HBF3LiO3. The molecule has 0 bridgehead atoms. The van der Waals surface area contributed by atoms with Crippen LogP contribution in [0.1, 0.15) is 0 Å². The van der Waals surface area contributed by atoms with E-state index in [-0.39, 0.29) is 18.9 Å². The van der Waals surface area contributed by atoms with E-state index in [4.69, 9.17) is 0 Å². The fourth-order valence-corrected chi connectivity index (χ4v) is 0.0412. The molecule has 0 spiro atoms. The van der Waals surface area contributed by atoms with Gasteiger partial charge in [-0.05, 0) is 0 Å². The summed E-state index contributed by atoms with van der Waals surface area (Å²) in [6.07, 6.45) is 0. The van der Waals surface area contributed by atoms with Crippen molar-refractivity contribution in [2.24, 2.45) is 0 Å². The van der Waals surface area contributed by atoms with Gasteiger partial charge in [-0.25, -0.2) is 0 Å². The Bertz CT molecular complexity index is 36.0. The Labute approximate surface area is 55.1 Å². The molecule has 0 atom stereocenters. The molecule has 0 aliphatic heterocycles. The molecule has 0 radical (unpaired) electrons. The van der Waals surface area contributed by atoms with Gasteiger partial charge in [0, 0.05) is 0 Å². The summed E-state index contributed by atoms with van der Waals surface area (Å²) in [7, 11) is -2.51. The molecule has 8 heavy (non-hydrogen) atoms. The number of hydrogen-bond acceptors (Lipinski definition) is 3. The maximum absolute atomic E-state index is 10.4. The van der Waals surface area contributed by atoms with E-state index in [0.717, 1.165) is 0 Å². The molecule has 0 unspecified atom stereocenters. The number of rotatable bonds is 3. The Kier molecular flexibility index (Phi) is 10.2. The van der Waals surface area contributed by atoms with Crippen molar-refractivity contribution >= 4 is 26.2 Å². The van der Waals surface area contributed by atoms with Crippen molar-refractivity contribution in [1.82, 2.24) is 0 Å². The molecule has 0 rings (SSSR count). The van der Waals surface area contributed by atoms with Crippen LogP contribution in [0.4, 0.5) is 13.6 Å². The molecule has 44 valence electrons.